The fourth-order valence-electron chi connectivity index (χ4n) is 2.83. The van der Waals surface area contributed by atoms with Crippen LogP contribution in [0.5, 0.6) is 0 Å². The third-order valence-electron chi connectivity index (χ3n) is 4.14. The zero-order valence-corrected chi connectivity index (χ0v) is 16.7. The van der Waals surface area contributed by atoms with E-state index in [1.165, 1.54) is 12.3 Å². The third-order valence-corrected chi connectivity index (χ3v) is 5.60. The molecule has 0 unspecified atom stereocenters. The number of aromatic nitrogens is 1. The molecular weight excluding hydrogens is 349 g/mol. The van der Waals surface area contributed by atoms with E-state index in [0.717, 1.165) is 17.3 Å². The SMILES string of the molecule is C[C@@H]1CS/C(=C/C(=C(/C#N)C=O)c2cnc(C(C)(C)C)c(F)c2)N(C)C1. The van der Waals surface area contributed by atoms with Crippen LogP contribution in [0.4, 0.5) is 4.39 Å². The highest BCUT2D eigenvalue weighted by atomic mass is 32.2. The molecule has 0 bridgehead atoms. The largest absolute Gasteiger partial charge is 0.369 e. The van der Waals surface area contributed by atoms with E-state index >= 15 is 0 Å². The fraction of sp³-hybridized carbons (Fsp3) is 0.450. The summed E-state index contributed by atoms with van der Waals surface area (Å²) in [4.78, 5) is 17.7. The molecule has 2 rings (SSSR count). The first-order valence-electron chi connectivity index (χ1n) is 8.49. The highest BCUT2D eigenvalue weighted by Gasteiger charge is 2.23. The standard InChI is InChI=1S/C20H24FN3OS/c1-13-10-24(5)18(26-12-13)7-16(15(8-22)11-25)14-6-17(21)19(23-9-14)20(2,3)4/h6-7,9,11,13H,10,12H2,1-5H3/b16-15+,18-7+/t13-/m0/s1. The van der Waals surface area contributed by atoms with Crippen LogP contribution in [0.25, 0.3) is 5.57 Å². The summed E-state index contributed by atoms with van der Waals surface area (Å²) in [6.07, 6.45) is 3.84. The van der Waals surface area contributed by atoms with Crippen LogP contribution in [0.1, 0.15) is 39.0 Å². The van der Waals surface area contributed by atoms with Crippen LogP contribution in [0.3, 0.4) is 0 Å². The van der Waals surface area contributed by atoms with Crippen LogP contribution in [-0.2, 0) is 10.2 Å². The number of hydrogen-bond acceptors (Lipinski definition) is 5. The molecule has 1 aliphatic rings. The molecule has 0 N–H and O–H groups in total. The number of allylic oxidation sites excluding steroid dienone is 3. The molecule has 1 aliphatic heterocycles. The molecule has 1 atom stereocenters. The van der Waals surface area contributed by atoms with Crippen LogP contribution in [0.2, 0.25) is 0 Å². The van der Waals surface area contributed by atoms with Gasteiger partial charge in [-0.15, -0.1) is 11.8 Å². The Hall–Kier alpha value is -2.13. The van der Waals surface area contributed by atoms with Crippen LogP contribution < -0.4 is 0 Å². The molecule has 4 nitrogen and oxygen atoms in total. The first-order chi connectivity index (χ1) is 12.2. The second kappa shape index (κ2) is 8.05. The minimum Gasteiger partial charge on any atom is -0.369 e. The van der Waals surface area contributed by atoms with Gasteiger partial charge < -0.3 is 4.90 Å². The van der Waals surface area contributed by atoms with Crippen molar-refractivity contribution in [3.8, 4) is 6.07 Å². The van der Waals surface area contributed by atoms with Crippen molar-refractivity contribution in [1.82, 2.24) is 9.88 Å². The molecule has 1 saturated heterocycles. The average Bonchev–Trinajstić information content (AvgIpc) is 2.55. The van der Waals surface area contributed by atoms with Crippen LogP contribution in [0, 0.1) is 23.1 Å². The van der Waals surface area contributed by atoms with Crippen molar-refractivity contribution >= 4 is 23.6 Å². The quantitative estimate of drug-likeness (QED) is 0.453. The molecule has 1 aromatic heterocycles. The monoisotopic (exact) mass is 373 g/mol. The van der Waals surface area contributed by atoms with Gasteiger partial charge in [-0.05, 0) is 18.1 Å². The number of halogens is 1. The number of thioether (sulfide) groups is 1. The smallest absolute Gasteiger partial charge is 0.161 e. The van der Waals surface area contributed by atoms with E-state index < -0.39 is 11.2 Å². The highest BCUT2D eigenvalue weighted by molar-refractivity contribution is 8.03. The molecule has 0 aromatic carbocycles. The van der Waals surface area contributed by atoms with Gasteiger partial charge in [0.2, 0.25) is 0 Å². The Labute approximate surface area is 158 Å². The predicted molar refractivity (Wildman–Crippen MR) is 104 cm³/mol. The van der Waals surface area contributed by atoms with Crippen molar-refractivity contribution in [2.24, 2.45) is 5.92 Å². The van der Waals surface area contributed by atoms with E-state index in [1.54, 1.807) is 17.8 Å². The number of carbonyl (C=O) groups is 1. The van der Waals surface area contributed by atoms with Crippen molar-refractivity contribution in [1.29, 1.82) is 5.26 Å². The number of nitrogens with zero attached hydrogens (tertiary/aromatic N) is 3. The van der Waals surface area contributed by atoms with E-state index in [9.17, 15) is 14.4 Å². The minimum absolute atomic E-state index is 0.0326. The molecule has 2 heterocycles. The fourth-order valence-corrected chi connectivity index (χ4v) is 3.88. The van der Waals surface area contributed by atoms with Gasteiger partial charge in [0.05, 0.1) is 16.3 Å². The van der Waals surface area contributed by atoms with E-state index in [2.05, 4.69) is 16.8 Å². The van der Waals surface area contributed by atoms with E-state index in [4.69, 9.17) is 0 Å². The zero-order chi connectivity index (χ0) is 19.5. The summed E-state index contributed by atoms with van der Waals surface area (Å²) in [5, 5.41) is 10.3. The van der Waals surface area contributed by atoms with Gasteiger partial charge in [-0.25, -0.2) is 4.39 Å². The van der Waals surface area contributed by atoms with E-state index in [-0.39, 0.29) is 5.57 Å². The summed E-state index contributed by atoms with van der Waals surface area (Å²) in [6.45, 7) is 8.73. The van der Waals surface area contributed by atoms with Crippen LogP contribution in [-0.4, -0.2) is 35.5 Å². The molecule has 0 saturated carbocycles. The summed E-state index contributed by atoms with van der Waals surface area (Å²) in [5.74, 6) is 1.08. The zero-order valence-electron chi connectivity index (χ0n) is 15.8. The normalized spacial score (nSPS) is 20.6. The summed E-state index contributed by atoms with van der Waals surface area (Å²) in [6, 6.07) is 3.27. The highest BCUT2D eigenvalue weighted by Crippen LogP contribution is 2.33. The second-order valence-electron chi connectivity index (χ2n) is 7.64. The summed E-state index contributed by atoms with van der Waals surface area (Å²) in [5.41, 5.74) is 0.728. The Bertz CT molecular complexity index is 802. The Morgan fingerprint density at radius 3 is 2.69 bits per heavy atom. The summed E-state index contributed by atoms with van der Waals surface area (Å²) in [7, 11) is 1.97. The van der Waals surface area contributed by atoms with Crippen molar-refractivity contribution in [3.05, 3.63) is 46.0 Å². The molecule has 0 radical (unpaired) electrons. The number of nitriles is 1. The van der Waals surface area contributed by atoms with Gasteiger partial charge in [0.1, 0.15) is 11.9 Å². The van der Waals surface area contributed by atoms with Gasteiger partial charge in [0.25, 0.3) is 0 Å². The van der Waals surface area contributed by atoms with Gasteiger partial charge in [-0.3, -0.25) is 9.78 Å². The molecule has 0 aliphatic carbocycles. The lowest BCUT2D eigenvalue weighted by Gasteiger charge is -2.31. The lowest BCUT2D eigenvalue weighted by molar-refractivity contribution is -0.104. The molecule has 1 fully saturated rings. The third kappa shape index (κ3) is 4.53. The number of aldehydes is 1. The number of pyridine rings is 1. The average molecular weight is 373 g/mol. The topological polar surface area (TPSA) is 57.0 Å². The first kappa shape index (κ1) is 20.2. The minimum atomic E-state index is -0.438. The van der Waals surface area contributed by atoms with Crippen molar-refractivity contribution in [2.45, 2.75) is 33.1 Å². The van der Waals surface area contributed by atoms with Crippen LogP contribution in [0.15, 0.2) is 28.9 Å². The Morgan fingerprint density at radius 2 is 2.19 bits per heavy atom. The van der Waals surface area contributed by atoms with Gasteiger partial charge >= 0.3 is 0 Å². The first-order valence-corrected chi connectivity index (χ1v) is 9.47. The predicted octanol–water partition coefficient (Wildman–Crippen LogP) is 4.15. The lowest BCUT2D eigenvalue weighted by atomic mass is 9.90. The summed E-state index contributed by atoms with van der Waals surface area (Å²) < 4.78 is 14.6. The molecule has 0 spiro atoms. The van der Waals surface area contributed by atoms with Gasteiger partial charge in [0.15, 0.2) is 6.29 Å². The molecule has 26 heavy (non-hydrogen) atoms. The van der Waals surface area contributed by atoms with Crippen molar-refractivity contribution in [3.63, 3.8) is 0 Å². The number of carbonyl (C=O) groups excluding carboxylic acids is 1. The maximum absolute atomic E-state index is 14.6. The van der Waals surface area contributed by atoms with Gasteiger partial charge in [-0.2, -0.15) is 5.26 Å². The Balaban J connectivity index is 2.55. The maximum Gasteiger partial charge on any atom is 0.161 e. The Kier molecular flexibility index (Phi) is 6.25. The number of hydrogen-bond donors (Lipinski definition) is 0. The summed E-state index contributed by atoms with van der Waals surface area (Å²) >= 11 is 1.67. The maximum atomic E-state index is 14.6. The van der Waals surface area contributed by atoms with E-state index in [1.807, 2.05) is 33.9 Å². The van der Waals surface area contributed by atoms with Gasteiger partial charge in [-0.1, -0.05) is 27.7 Å². The Morgan fingerprint density at radius 1 is 1.50 bits per heavy atom. The van der Waals surface area contributed by atoms with Crippen molar-refractivity contribution in [2.75, 3.05) is 19.3 Å². The molecule has 1 aromatic rings. The molecule has 6 heteroatoms. The molecule has 138 valence electrons. The van der Waals surface area contributed by atoms with Crippen LogP contribution >= 0.6 is 11.8 Å². The molecular formula is C20H24FN3OS. The van der Waals surface area contributed by atoms with Gasteiger partial charge in [0, 0.05) is 42.1 Å². The lowest BCUT2D eigenvalue weighted by Crippen LogP contribution is -2.28. The number of rotatable bonds is 3. The molecule has 0 amide bonds. The second-order valence-corrected chi connectivity index (χ2v) is 8.68. The van der Waals surface area contributed by atoms with Crippen molar-refractivity contribution < 1.29 is 9.18 Å². The van der Waals surface area contributed by atoms with E-state index in [0.29, 0.717) is 29.0 Å².